The zero-order valence-corrected chi connectivity index (χ0v) is 19.4. The highest BCUT2D eigenvalue weighted by molar-refractivity contribution is 6.37. The van der Waals surface area contributed by atoms with E-state index >= 15 is 0 Å². The molecule has 34 heavy (non-hydrogen) atoms. The van der Waals surface area contributed by atoms with Crippen molar-refractivity contribution in [3.8, 4) is 5.75 Å². The zero-order valence-electron chi connectivity index (χ0n) is 17.9. The van der Waals surface area contributed by atoms with Crippen molar-refractivity contribution < 1.29 is 14.3 Å². The molecule has 4 aromatic carbocycles. The third-order valence-corrected chi connectivity index (χ3v) is 5.62. The van der Waals surface area contributed by atoms with Gasteiger partial charge in [0.2, 0.25) is 0 Å². The van der Waals surface area contributed by atoms with Crippen LogP contribution in [0.5, 0.6) is 5.75 Å². The number of anilines is 2. The number of halogens is 2. The van der Waals surface area contributed by atoms with Gasteiger partial charge in [-0.15, -0.1) is 0 Å². The van der Waals surface area contributed by atoms with E-state index in [1.54, 1.807) is 48.5 Å². The number of carbonyl (C=O) groups excluding carboxylic acids is 2. The van der Waals surface area contributed by atoms with Gasteiger partial charge >= 0.3 is 6.09 Å². The topological polar surface area (TPSA) is 46.6 Å². The quantitative estimate of drug-likeness (QED) is 0.203. The molecule has 4 nitrogen and oxygen atoms in total. The number of para-hydroxylation sites is 2. The van der Waals surface area contributed by atoms with Gasteiger partial charge in [-0.1, -0.05) is 65.7 Å². The van der Waals surface area contributed by atoms with E-state index in [-0.39, 0.29) is 5.78 Å². The lowest BCUT2D eigenvalue weighted by atomic mass is 10.1. The molecule has 0 bridgehead atoms. The monoisotopic (exact) mass is 487 g/mol. The second-order valence-corrected chi connectivity index (χ2v) is 8.05. The van der Waals surface area contributed by atoms with Crippen molar-refractivity contribution in [1.82, 2.24) is 0 Å². The lowest BCUT2D eigenvalue weighted by Gasteiger charge is -2.22. The maximum atomic E-state index is 13.1. The molecule has 0 atom stereocenters. The van der Waals surface area contributed by atoms with Crippen molar-refractivity contribution in [1.29, 1.82) is 0 Å². The van der Waals surface area contributed by atoms with Crippen LogP contribution >= 0.6 is 23.2 Å². The Balaban J connectivity index is 1.50. The summed E-state index contributed by atoms with van der Waals surface area (Å²) in [5.41, 5.74) is 2.36. The van der Waals surface area contributed by atoms with Crippen molar-refractivity contribution in [2.24, 2.45) is 0 Å². The number of carbonyl (C=O) groups is 2. The van der Waals surface area contributed by atoms with E-state index in [0.29, 0.717) is 38.3 Å². The summed E-state index contributed by atoms with van der Waals surface area (Å²) in [6.07, 6.45) is 2.42. The Morgan fingerprint density at radius 3 is 1.74 bits per heavy atom. The molecule has 0 fully saturated rings. The first kappa shape index (κ1) is 23.3. The normalized spacial score (nSPS) is 10.8. The number of hydrogen-bond donors (Lipinski definition) is 0. The summed E-state index contributed by atoms with van der Waals surface area (Å²) < 4.78 is 5.60. The molecule has 0 aliphatic rings. The Labute approximate surface area is 207 Å². The van der Waals surface area contributed by atoms with E-state index in [1.807, 2.05) is 60.7 Å². The van der Waals surface area contributed by atoms with Crippen LogP contribution in [0, 0.1) is 0 Å². The van der Waals surface area contributed by atoms with Gasteiger partial charge in [-0.05, 0) is 72.8 Å². The molecule has 0 aromatic heterocycles. The summed E-state index contributed by atoms with van der Waals surface area (Å²) >= 11 is 12.3. The Morgan fingerprint density at radius 1 is 0.676 bits per heavy atom. The van der Waals surface area contributed by atoms with Crippen LogP contribution in [0.15, 0.2) is 109 Å². The third kappa shape index (κ3) is 5.54. The van der Waals surface area contributed by atoms with E-state index in [9.17, 15) is 9.59 Å². The molecule has 0 unspecified atom stereocenters. The summed E-state index contributed by atoms with van der Waals surface area (Å²) in [6, 6.07) is 30.0. The van der Waals surface area contributed by atoms with Crippen LogP contribution < -0.4 is 9.64 Å². The van der Waals surface area contributed by atoms with Crippen LogP contribution in [0.3, 0.4) is 0 Å². The minimum Gasteiger partial charge on any atom is -0.410 e. The smallest absolute Gasteiger partial charge is 0.410 e. The number of hydrogen-bond acceptors (Lipinski definition) is 3. The number of ketones is 1. The minimum atomic E-state index is -0.565. The van der Waals surface area contributed by atoms with E-state index in [2.05, 4.69) is 0 Å². The first-order chi connectivity index (χ1) is 16.5. The first-order valence-electron chi connectivity index (χ1n) is 10.4. The predicted molar refractivity (Wildman–Crippen MR) is 137 cm³/mol. The molecule has 1 amide bonds. The molecule has 4 aromatic rings. The van der Waals surface area contributed by atoms with Gasteiger partial charge in [0, 0.05) is 21.2 Å². The molecule has 0 heterocycles. The Hall–Kier alpha value is -3.86. The molecule has 0 saturated carbocycles. The average Bonchev–Trinajstić information content (AvgIpc) is 2.85. The number of benzene rings is 4. The van der Waals surface area contributed by atoms with Crippen molar-refractivity contribution in [3.05, 3.63) is 130 Å². The van der Waals surface area contributed by atoms with E-state index in [0.717, 1.165) is 0 Å². The van der Waals surface area contributed by atoms with Crippen LogP contribution in [0.25, 0.3) is 6.08 Å². The van der Waals surface area contributed by atoms with Gasteiger partial charge in [0.1, 0.15) is 5.75 Å². The molecule has 0 aliphatic carbocycles. The van der Waals surface area contributed by atoms with Gasteiger partial charge < -0.3 is 4.74 Å². The summed E-state index contributed by atoms with van der Waals surface area (Å²) in [6.45, 7) is 0. The number of nitrogens with zero attached hydrogens (tertiary/aromatic N) is 1. The summed E-state index contributed by atoms with van der Waals surface area (Å²) in [5.74, 6) is 0.0839. The Bertz CT molecular complexity index is 1260. The number of allylic oxidation sites excluding steroid dienone is 1. The Morgan fingerprint density at radius 2 is 1.21 bits per heavy atom. The van der Waals surface area contributed by atoms with E-state index in [4.69, 9.17) is 27.9 Å². The predicted octanol–water partition coefficient (Wildman–Crippen LogP) is 8.23. The SMILES string of the molecule is O=C(C=Cc1c(Cl)cccc1Cl)c1ccc(OC(=O)N(c2ccccc2)c2ccccc2)cc1. The molecule has 6 heteroatoms. The van der Waals surface area contributed by atoms with Crippen molar-refractivity contribution >= 4 is 52.5 Å². The maximum absolute atomic E-state index is 13.1. The maximum Gasteiger partial charge on any atom is 0.424 e. The lowest BCUT2D eigenvalue weighted by molar-refractivity contribution is 0.104. The van der Waals surface area contributed by atoms with Gasteiger partial charge in [-0.3, -0.25) is 4.79 Å². The second-order valence-electron chi connectivity index (χ2n) is 7.23. The molecular weight excluding hydrogens is 469 g/mol. The highest BCUT2D eigenvalue weighted by Gasteiger charge is 2.20. The fourth-order valence-corrected chi connectivity index (χ4v) is 3.80. The zero-order chi connectivity index (χ0) is 23.9. The van der Waals surface area contributed by atoms with Crippen LogP contribution in [0.2, 0.25) is 10.0 Å². The van der Waals surface area contributed by atoms with Crippen LogP contribution in [0.4, 0.5) is 16.2 Å². The van der Waals surface area contributed by atoms with Crippen LogP contribution in [-0.2, 0) is 0 Å². The molecule has 0 N–H and O–H groups in total. The lowest BCUT2D eigenvalue weighted by Crippen LogP contribution is -2.29. The molecule has 4 rings (SSSR count). The molecule has 0 aliphatic heterocycles. The summed E-state index contributed by atoms with van der Waals surface area (Å²) in [7, 11) is 0. The largest absolute Gasteiger partial charge is 0.424 e. The summed E-state index contributed by atoms with van der Waals surface area (Å²) in [5, 5.41) is 0.917. The number of ether oxygens (including phenoxy) is 1. The van der Waals surface area contributed by atoms with Gasteiger partial charge in [0.05, 0.1) is 11.4 Å². The standard InChI is InChI=1S/C28H19Cl2NO3/c29-25-12-7-13-26(30)24(25)18-19-27(32)20-14-16-23(17-15-20)34-28(33)31(21-8-3-1-4-9-21)22-10-5-2-6-11-22/h1-19H. The highest BCUT2D eigenvalue weighted by Crippen LogP contribution is 2.28. The van der Waals surface area contributed by atoms with Crippen LogP contribution in [-0.4, -0.2) is 11.9 Å². The van der Waals surface area contributed by atoms with Gasteiger partial charge in [0.25, 0.3) is 0 Å². The van der Waals surface area contributed by atoms with Gasteiger partial charge in [-0.25, -0.2) is 9.69 Å². The number of amides is 1. The van der Waals surface area contributed by atoms with E-state index < -0.39 is 6.09 Å². The summed E-state index contributed by atoms with van der Waals surface area (Å²) in [4.78, 5) is 27.1. The van der Waals surface area contributed by atoms with E-state index in [1.165, 1.54) is 11.0 Å². The molecule has 0 spiro atoms. The highest BCUT2D eigenvalue weighted by atomic mass is 35.5. The van der Waals surface area contributed by atoms with Crippen molar-refractivity contribution in [2.75, 3.05) is 4.90 Å². The van der Waals surface area contributed by atoms with Gasteiger partial charge in [0.15, 0.2) is 5.78 Å². The van der Waals surface area contributed by atoms with Crippen molar-refractivity contribution in [3.63, 3.8) is 0 Å². The molecular formula is C28H19Cl2NO3. The number of rotatable bonds is 6. The first-order valence-corrected chi connectivity index (χ1v) is 11.2. The average molecular weight is 488 g/mol. The van der Waals surface area contributed by atoms with Crippen molar-refractivity contribution in [2.45, 2.75) is 0 Å². The van der Waals surface area contributed by atoms with Crippen LogP contribution in [0.1, 0.15) is 15.9 Å². The molecule has 168 valence electrons. The fourth-order valence-electron chi connectivity index (χ4n) is 3.27. The molecule has 0 saturated heterocycles. The Kier molecular flexibility index (Phi) is 7.43. The second kappa shape index (κ2) is 10.8. The van der Waals surface area contributed by atoms with Gasteiger partial charge in [-0.2, -0.15) is 0 Å². The fraction of sp³-hybridized carbons (Fsp3) is 0. The minimum absolute atomic E-state index is 0.232. The molecule has 0 radical (unpaired) electrons. The third-order valence-electron chi connectivity index (χ3n) is 4.96.